The van der Waals surface area contributed by atoms with Gasteiger partial charge in [0.15, 0.2) is 15.8 Å². The maximum Gasteiger partial charge on any atom is 0.270 e. The van der Waals surface area contributed by atoms with Crippen LogP contribution in [0, 0.1) is 10.1 Å². The van der Waals surface area contributed by atoms with Gasteiger partial charge >= 0.3 is 0 Å². The number of carbonyl (C=O) groups is 1. The lowest BCUT2D eigenvalue weighted by atomic mass is 10.2. The molecule has 0 atom stereocenters. The number of para-hydroxylation sites is 1. The summed E-state index contributed by atoms with van der Waals surface area (Å²) in [6, 6.07) is 20.5. The molecule has 3 aromatic rings. The first kappa shape index (κ1) is 24.2. The number of benzene rings is 3. The van der Waals surface area contributed by atoms with E-state index in [1.54, 1.807) is 18.2 Å². The number of ether oxygens (including phenoxy) is 3. The Balaban J connectivity index is 1.38. The quantitative estimate of drug-likeness (QED) is 0.124. The van der Waals surface area contributed by atoms with E-state index in [2.05, 4.69) is 0 Å². The van der Waals surface area contributed by atoms with Crippen molar-refractivity contribution in [3.05, 3.63) is 93.4 Å². The zero-order chi connectivity index (χ0) is 24.8. The molecule has 3 aromatic carbocycles. The average molecular weight is 509 g/mol. The van der Waals surface area contributed by atoms with Gasteiger partial charge in [-0.3, -0.25) is 19.8 Å². The van der Waals surface area contributed by atoms with Crippen LogP contribution in [0.4, 0.5) is 11.4 Å². The zero-order valence-electron chi connectivity index (χ0n) is 18.6. The molecule has 10 heteroatoms. The summed E-state index contributed by atoms with van der Waals surface area (Å²) >= 11 is 6.66. The second-order valence-electron chi connectivity index (χ2n) is 7.21. The van der Waals surface area contributed by atoms with Crippen LogP contribution in [0.1, 0.15) is 5.56 Å². The number of hydrogen-bond acceptors (Lipinski definition) is 8. The molecule has 4 rings (SSSR count). The topological polar surface area (TPSA) is 91.1 Å². The highest BCUT2D eigenvalue weighted by Gasteiger charge is 2.33. The van der Waals surface area contributed by atoms with E-state index in [0.717, 1.165) is 11.3 Å². The Bertz CT molecular complexity index is 1280. The minimum absolute atomic E-state index is 0.000643. The number of nitrogens with zero attached hydrogens (tertiary/aromatic N) is 2. The number of carbonyl (C=O) groups excluding carboxylic acids is 1. The molecule has 0 N–H and O–H groups in total. The zero-order valence-corrected chi connectivity index (χ0v) is 20.2. The second kappa shape index (κ2) is 11.0. The lowest BCUT2D eigenvalue weighted by Crippen LogP contribution is -2.27. The summed E-state index contributed by atoms with van der Waals surface area (Å²) < 4.78 is 17.3. The van der Waals surface area contributed by atoms with Crippen LogP contribution in [0.25, 0.3) is 6.08 Å². The Hall–Kier alpha value is -3.89. The highest BCUT2D eigenvalue weighted by molar-refractivity contribution is 8.27. The molecule has 0 aliphatic carbocycles. The van der Waals surface area contributed by atoms with Crippen molar-refractivity contribution in [1.82, 2.24) is 0 Å². The molecule has 1 aliphatic rings. The number of thioether (sulfide) groups is 1. The lowest BCUT2D eigenvalue weighted by Gasteiger charge is -2.14. The lowest BCUT2D eigenvalue weighted by molar-refractivity contribution is -0.384. The predicted octanol–water partition coefficient (Wildman–Crippen LogP) is 5.47. The summed E-state index contributed by atoms with van der Waals surface area (Å²) in [6.45, 7) is 0.479. The van der Waals surface area contributed by atoms with Crippen LogP contribution in [0.5, 0.6) is 17.2 Å². The van der Waals surface area contributed by atoms with Gasteiger partial charge in [0.1, 0.15) is 19.0 Å². The van der Waals surface area contributed by atoms with E-state index in [0.29, 0.717) is 26.5 Å². The molecule has 0 unspecified atom stereocenters. The molecule has 0 saturated carbocycles. The molecule has 35 heavy (non-hydrogen) atoms. The molecule has 178 valence electrons. The number of non-ortho nitro benzene ring substituents is 1. The number of rotatable bonds is 9. The van der Waals surface area contributed by atoms with Crippen molar-refractivity contribution in [2.45, 2.75) is 0 Å². The summed E-state index contributed by atoms with van der Waals surface area (Å²) in [5, 5.41) is 10.7. The van der Waals surface area contributed by atoms with Gasteiger partial charge in [0.2, 0.25) is 0 Å². The summed E-state index contributed by atoms with van der Waals surface area (Å²) in [7, 11) is 1.54. The standard InChI is InChI=1S/C25H20N2O6S2/c1-31-22-15-17(16-23-24(28)26(25(34)35-23)18-5-3-2-4-6-18)7-12-21(22)33-14-13-32-20-10-8-19(9-11-20)27(29)30/h2-12,15-16H,13-14H2,1H3. The van der Waals surface area contributed by atoms with E-state index in [9.17, 15) is 14.9 Å². The number of nitro benzene ring substituents is 1. The second-order valence-corrected chi connectivity index (χ2v) is 8.89. The smallest absolute Gasteiger partial charge is 0.270 e. The fourth-order valence-corrected chi connectivity index (χ4v) is 4.59. The molecule has 8 nitrogen and oxygen atoms in total. The van der Waals surface area contributed by atoms with Crippen molar-refractivity contribution in [1.29, 1.82) is 0 Å². The molecule has 1 aliphatic heterocycles. The van der Waals surface area contributed by atoms with Crippen molar-refractivity contribution >= 4 is 51.7 Å². The Morgan fingerprint density at radius 3 is 2.40 bits per heavy atom. The first-order chi connectivity index (χ1) is 17.0. The van der Waals surface area contributed by atoms with Gasteiger partial charge in [-0.2, -0.15) is 0 Å². The Labute approximate surface area is 211 Å². The third kappa shape index (κ3) is 5.79. The van der Waals surface area contributed by atoms with Gasteiger partial charge in [-0.25, -0.2) is 0 Å². The van der Waals surface area contributed by atoms with Gasteiger partial charge in [0.05, 0.1) is 22.6 Å². The van der Waals surface area contributed by atoms with E-state index >= 15 is 0 Å². The molecular weight excluding hydrogens is 488 g/mol. The molecule has 0 aromatic heterocycles. The molecule has 0 radical (unpaired) electrons. The predicted molar refractivity (Wildman–Crippen MR) is 139 cm³/mol. The Kier molecular flexibility index (Phi) is 7.64. The van der Waals surface area contributed by atoms with Crippen LogP contribution in [-0.2, 0) is 4.79 Å². The molecule has 1 saturated heterocycles. The van der Waals surface area contributed by atoms with Gasteiger partial charge in [-0.05, 0) is 48.0 Å². The SMILES string of the molecule is COc1cc(C=C2SC(=S)N(c3ccccc3)C2=O)ccc1OCCOc1ccc([N+](=O)[O-])cc1. The third-order valence-corrected chi connectivity index (χ3v) is 6.25. The minimum atomic E-state index is -0.465. The highest BCUT2D eigenvalue weighted by atomic mass is 32.2. The molecular formula is C25H20N2O6S2. The van der Waals surface area contributed by atoms with Crippen LogP contribution in [-0.4, -0.2) is 35.5 Å². The van der Waals surface area contributed by atoms with Gasteiger partial charge in [-0.15, -0.1) is 0 Å². The number of methoxy groups -OCH3 is 1. The first-order valence-electron chi connectivity index (χ1n) is 10.5. The Morgan fingerprint density at radius 1 is 1.00 bits per heavy atom. The maximum atomic E-state index is 12.9. The van der Waals surface area contributed by atoms with Crippen molar-refractivity contribution in [3.8, 4) is 17.2 Å². The van der Waals surface area contributed by atoms with Gasteiger partial charge < -0.3 is 14.2 Å². The molecule has 1 amide bonds. The van der Waals surface area contributed by atoms with Crippen molar-refractivity contribution in [2.24, 2.45) is 0 Å². The van der Waals surface area contributed by atoms with Crippen molar-refractivity contribution < 1.29 is 23.9 Å². The van der Waals surface area contributed by atoms with Gasteiger partial charge in [0, 0.05) is 12.1 Å². The summed E-state index contributed by atoms with van der Waals surface area (Å²) in [5.41, 5.74) is 1.50. The summed E-state index contributed by atoms with van der Waals surface area (Å²) in [4.78, 5) is 25.2. The summed E-state index contributed by atoms with van der Waals surface area (Å²) in [6.07, 6.45) is 1.77. The van der Waals surface area contributed by atoms with Crippen LogP contribution < -0.4 is 19.1 Å². The van der Waals surface area contributed by atoms with Crippen LogP contribution >= 0.6 is 24.0 Å². The number of thiocarbonyl (C=S) groups is 1. The minimum Gasteiger partial charge on any atom is -0.493 e. The number of hydrogen-bond donors (Lipinski definition) is 0. The maximum absolute atomic E-state index is 12.9. The molecule has 1 heterocycles. The van der Waals surface area contributed by atoms with Crippen molar-refractivity contribution in [2.75, 3.05) is 25.2 Å². The largest absolute Gasteiger partial charge is 0.493 e. The fraction of sp³-hybridized carbons (Fsp3) is 0.120. The monoisotopic (exact) mass is 508 g/mol. The van der Waals surface area contributed by atoms with Gasteiger partial charge in [-0.1, -0.05) is 48.2 Å². The number of anilines is 1. The van der Waals surface area contributed by atoms with Crippen LogP contribution in [0.3, 0.4) is 0 Å². The number of nitro groups is 1. The number of amides is 1. The van der Waals surface area contributed by atoms with E-state index in [1.165, 1.54) is 48.0 Å². The third-order valence-electron chi connectivity index (χ3n) is 4.95. The van der Waals surface area contributed by atoms with E-state index < -0.39 is 4.92 Å². The van der Waals surface area contributed by atoms with Crippen LogP contribution in [0.2, 0.25) is 0 Å². The van der Waals surface area contributed by atoms with E-state index in [-0.39, 0.29) is 24.8 Å². The molecule has 1 fully saturated rings. The van der Waals surface area contributed by atoms with E-state index in [1.807, 2.05) is 36.4 Å². The molecule has 0 bridgehead atoms. The molecule has 0 spiro atoms. The van der Waals surface area contributed by atoms with Crippen LogP contribution in [0.15, 0.2) is 77.7 Å². The highest BCUT2D eigenvalue weighted by Crippen LogP contribution is 2.37. The normalized spacial score (nSPS) is 14.3. The average Bonchev–Trinajstić information content (AvgIpc) is 3.15. The fourth-order valence-electron chi connectivity index (χ4n) is 3.29. The Morgan fingerprint density at radius 2 is 1.71 bits per heavy atom. The van der Waals surface area contributed by atoms with Crippen molar-refractivity contribution in [3.63, 3.8) is 0 Å². The van der Waals surface area contributed by atoms with E-state index in [4.69, 9.17) is 26.4 Å². The van der Waals surface area contributed by atoms with Gasteiger partial charge in [0.25, 0.3) is 11.6 Å². The first-order valence-corrected chi connectivity index (χ1v) is 11.7. The summed E-state index contributed by atoms with van der Waals surface area (Å²) in [5.74, 6) is 1.37.